The summed E-state index contributed by atoms with van der Waals surface area (Å²) in [5.41, 5.74) is 1.08. The zero-order valence-electron chi connectivity index (χ0n) is 12.1. The molecule has 0 spiro atoms. The second-order valence-electron chi connectivity index (χ2n) is 5.47. The molecular weight excluding hydrogens is 298 g/mol. The summed E-state index contributed by atoms with van der Waals surface area (Å²) in [6.07, 6.45) is 2.95. The van der Waals surface area contributed by atoms with Crippen LogP contribution in [0.4, 0.5) is 0 Å². The smallest absolute Gasteiger partial charge is 0.121 e. The van der Waals surface area contributed by atoms with Crippen LogP contribution in [0.15, 0.2) is 42.5 Å². The fourth-order valence-corrected chi connectivity index (χ4v) is 5.55. The van der Waals surface area contributed by atoms with Gasteiger partial charge in [0.15, 0.2) is 0 Å². The van der Waals surface area contributed by atoms with E-state index in [1.165, 1.54) is 10.8 Å². The van der Waals surface area contributed by atoms with Crippen molar-refractivity contribution in [2.75, 3.05) is 12.8 Å². The number of benzene rings is 2. The van der Waals surface area contributed by atoms with Gasteiger partial charge in [-0.3, -0.25) is 4.21 Å². The van der Waals surface area contributed by atoms with Gasteiger partial charge >= 0.3 is 0 Å². The molecule has 0 aliphatic carbocycles. The maximum absolute atomic E-state index is 12.8. The molecule has 1 N–H and O–H groups in total. The van der Waals surface area contributed by atoms with Gasteiger partial charge in [0.2, 0.25) is 0 Å². The molecule has 21 heavy (non-hydrogen) atoms. The van der Waals surface area contributed by atoms with Crippen LogP contribution in [0.5, 0.6) is 0 Å². The van der Waals surface area contributed by atoms with E-state index in [1.807, 2.05) is 19.2 Å². The first kappa shape index (κ1) is 14.7. The van der Waals surface area contributed by atoms with E-state index >= 15 is 0 Å². The van der Waals surface area contributed by atoms with Gasteiger partial charge in [-0.1, -0.05) is 55.0 Å². The van der Waals surface area contributed by atoms with Crippen molar-refractivity contribution in [3.05, 3.63) is 48.0 Å². The Morgan fingerprint density at radius 1 is 1.19 bits per heavy atom. The summed E-state index contributed by atoms with van der Waals surface area (Å²) in [6, 6.07) is 14.6. The van der Waals surface area contributed by atoms with Crippen molar-refractivity contribution in [3.63, 3.8) is 0 Å². The Bertz CT molecular complexity index is 703. The molecule has 0 amide bonds. The van der Waals surface area contributed by atoms with Crippen molar-refractivity contribution in [1.29, 1.82) is 0 Å². The van der Waals surface area contributed by atoms with Crippen molar-refractivity contribution >= 4 is 38.8 Å². The highest BCUT2D eigenvalue weighted by Crippen LogP contribution is 2.39. The molecule has 1 unspecified atom stereocenters. The minimum absolute atomic E-state index is 0.521. The molecule has 0 saturated carbocycles. The van der Waals surface area contributed by atoms with Crippen LogP contribution in [0.1, 0.15) is 24.8 Å². The highest BCUT2D eigenvalue weighted by molar-refractivity contribution is 7.90. The molecule has 1 fully saturated rings. The molecule has 2 aromatic carbocycles. The van der Waals surface area contributed by atoms with Crippen molar-refractivity contribution in [2.45, 2.75) is 24.0 Å². The molecule has 1 saturated heterocycles. The van der Waals surface area contributed by atoms with Crippen LogP contribution in [-0.2, 0) is 15.5 Å². The van der Waals surface area contributed by atoms with Crippen molar-refractivity contribution < 1.29 is 4.21 Å². The Morgan fingerprint density at radius 3 is 2.67 bits per heavy atom. The highest BCUT2D eigenvalue weighted by Gasteiger charge is 2.44. The van der Waals surface area contributed by atoms with Crippen LogP contribution in [0.3, 0.4) is 0 Å². The SMILES string of the molecule is CNC(=S)[C@]1(c2ccc3ccccc3c2)CCCCS1=O. The van der Waals surface area contributed by atoms with Gasteiger partial charge in [0.25, 0.3) is 0 Å². The molecular formula is C17H19NOS2. The van der Waals surface area contributed by atoms with Gasteiger partial charge in [-0.05, 0) is 35.2 Å². The monoisotopic (exact) mass is 317 g/mol. The molecule has 2 nitrogen and oxygen atoms in total. The van der Waals surface area contributed by atoms with Crippen LogP contribution < -0.4 is 5.32 Å². The van der Waals surface area contributed by atoms with E-state index in [0.29, 0.717) is 4.99 Å². The second-order valence-corrected chi connectivity index (χ2v) is 7.68. The lowest BCUT2D eigenvalue weighted by molar-refractivity contribution is 0.575. The highest BCUT2D eigenvalue weighted by atomic mass is 32.2. The Kier molecular flexibility index (Phi) is 4.09. The second kappa shape index (κ2) is 5.85. The lowest BCUT2D eigenvalue weighted by Crippen LogP contribution is -2.47. The number of likely N-dealkylation sites (N-methyl/N-ethyl adjacent to an activating group) is 1. The molecule has 1 heterocycles. The lowest BCUT2D eigenvalue weighted by Gasteiger charge is -2.37. The molecule has 110 valence electrons. The topological polar surface area (TPSA) is 29.1 Å². The van der Waals surface area contributed by atoms with E-state index in [1.54, 1.807) is 0 Å². The molecule has 1 aliphatic rings. The summed E-state index contributed by atoms with van der Waals surface area (Å²) in [6.45, 7) is 0. The van der Waals surface area contributed by atoms with E-state index in [2.05, 4.69) is 35.6 Å². The van der Waals surface area contributed by atoms with Crippen LogP contribution in [0.2, 0.25) is 0 Å². The van der Waals surface area contributed by atoms with Gasteiger partial charge in [-0.2, -0.15) is 0 Å². The molecule has 0 aromatic heterocycles. The molecule has 1 aliphatic heterocycles. The fourth-order valence-electron chi connectivity index (χ4n) is 3.16. The van der Waals surface area contributed by atoms with Gasteiger partial charge in [0, 0.05) is 23.6 Å². The van der Waals surface area contributed by atoms with Gasteiger partial charge in [-0.15, -0.1) is 0 Å². The first-order valence-electron chi connectivity index (χ1n) is 7.28. The van der Waals surface area contributed by atoms with Gasteiger partial charge < -0.3 is 5.32 Å². The predicted octanol–water partition coefficient (Wildman–Crippen LogP) is 3.51. The largest absolute Gasteiger partial charge is 0.381 e. The van der Waals surface area contributed by atoms with E-state index in [-0.39, 0.29) is 0 Å². The number of fused-ring (bicyclic) bond motifs is 1. The Hall–Kier alpha value is -1.26. The average molecular weight is 317 g/mol. The summed E-state index contributed by atoms with van der Waals surface area (Å²) in [4.78, 5) is 0.704. The Balaban J connectivity index is 2.18. The van der Waals surface area contributed by atoms with Crippen molar-refractivity contribution in [2.24, 2.45) is 0 Å². The standard InChI is InChI=1S/C17H19NOS2/c1-18-16(20)17(10-4-5-11-21(17)19)15-9-8-13-6-2-3-7-14(13)12-15/h2-3,6-9,12H,4-5,10-11H2,1H3,(H,18,20)/t17-,21?/m1/s1. The zero-order valence-corrected chi connectivity index (χ0v) is 13.7. The van der Waals surface area contributed by atoms with Gasteiger partial charge in [0.05, 0.1) is 4.99 Å². The van der Waals surface area contributed by atoms with E-state index in [0.717, 1.165) is 30.6 Å². The van der Waals surface area contributed by atoms with E-state index < -0.39 is 15.5 Å². The third kappa shape index (κ3) is 2.40. The summed E-state index contributed by atoms with van der Waals surface area (Å²) < 4.78 is 12.3. The van der Waals surface area contributed by atoms with Crippen LogP contribution in [0.25, 0.3) is 10.8 Å². The molecule has 0 radical (unpaired) electrons. The Labute approximate surface area is 133 Å². The third-order valence-electron chi connectivity index (χ3n) is 4.31. The Morgan fingerprint density at radius 2 is 1.95 bits per heavy atom. The van der Waals surface area contributed by atoms with Crippen molar-refractivity contribution in [3.8, 4) is 0 Å². The van der Waals surface area contributed by atoms with Crippen LogP contribution in [0, 0.1) is 0 Å². The third-order valence-corrected chi connectivity index (χ3v) is 7.07. The lowest BCUT2D eigenvalue weighted by atomic mass is 9.90. The first-order valence-corrected chi connectivity index (χ1v) is 9.01. The van der Waals surface area contributed by atoms with Crippen LogP contribution in [-0.4, -0.2) is 22.0 Å². The molecule has 0 bridgehead atoms. The summed E-state index contributed by atoms with van der Waals surface area (Å²) >= 11 is 5.57. The molecule has 2 aromatic rings. The molecule has 3 rings (SSSR count). The fraction of sp³-hybridized carbons (Fsp3) is 0.353. The molecule has 4 heteroatoms. The maximum Gasteiger partial charge on any atom is 0.121 e. The molecule has 2 atom stereocenters. The number of nitrogens with one attached hydrogen (secondary N) is 1. The van der Waals surface area contributed by atoms with E-state index in [4.69, 9.17) is 12.2 Å². The van der Waals surface area contributed by atoms with Crippen molar-refractivity contribution in [1.82, 2.24) is 5.32 Å². The first-order chi connectivity index (χ1) is 10.2. The number of hydrogen-bond donors (Lipinski definition) is 1. The van der Waals surface area contributed by atoms with Gasteiger partial charge in [-0.25, -0.2) is 0 Å². The average Bonchev–Trinajstić information content (AvgIpc) is 2.54. The number of hydrogen-bond acceptors (Lipinski definition) is 2. The predicted molar refractivity (Wildman–Crippen MR) is 94.1 cm³/mol. The summed E-state index contributed by atoms with van der Waals surface area (Å²) in [5, 5.41) is 5.47. The summed E-state index contributed by atoms with van der Waals surface area (Å²) in [7, 11) is 0.866. The number of rotatable bonds is 2. The summed E-state index contributed by atoms with van der Waals surface area (Å²) in [5.74, 6) is 0.731. The normalized spacial score (nSPS) is 25.7. The van der Waals surface area contributed by atoms with E-state index in [9.17, 15) is 4.21 Å². The van der Waals surface area contributed by atoms with Gasteiger partial charge in [0.1, 0.15) is 4.75 Å². The maximum atomic E-state index is 12.8. The van der Waals surface area contributed by atoms with Crippen LogP contribution >= 0.6 is 12.2 Å². The minimum Gasteiger partial charge on any atom is -0.381 e. The number of thiocarbonyl (C=S) groups is 1. The minimum atomic E-state index is -0.964. The zero-order chi connectivity index (χ0) is 14.9. The quantitative estimate of drug-likeness (QED) is 0.859.